The normalized spacial score (nSPS) is 27.6. The zero-order chi connectivity index (χ0) is 14.6. The molecule has 1 atom stereocenters. The highest BCUT2D eigenvalue weighted by molar-refractivity contribution is 5.71. The molecule has 0 spiro atoms. The first-order valence-electron chi connectivity index (χ1n) is 7.20. The minimum atomic E-state index is -2.56. The number of alkyl halides is 2. The van der Waals surface area contributed by atoms with Gasteiger partial charge in [-0.25, -0.2) is 8.78 Å². The van der Waals surface area contributed by atoms with Crippen molar-refractivity contribution in [2.24, 2.45) is 0 Å². The molecule has 5 nitrogen and oxygen atoms in total. The molecule has 0 radical (unpaired) electrons. The standard InChI is InChI=1S/C13H23F2N3O2/c1-2-20-12(19)9-18-5-3-17(4-6-18)8-11-7-13(14,15)10-16-11/h11,16H,2-10H2,1H3. The molecule has 2 fully saturated rings. The summed E-state index contributed by atoms with van der Waals surface area (Å²) in [6.45, 7) is 6.14. The molecule has 2 saturated heterocycles. The van der Waals surface area contributed by atoms with Gasteiger partial charge in [0, 0.05) is 45.2 Å². The van der Waals surface area contributed by atoms with E-state index in [1.165, 1.54) is 0 Å². The second-order valence-corrected chi connectivity index (χ2v) is 5.52. The molecule has 0 aromatic rings. The van der Waals surface area contributed by atoms with Gasteiger partial charge >= 0.3 is 5.97 Å². The van der Waals surface area contributed by atoms with Crippen LogP contribution in [0.15, 0.2) is 0 Å². The summed E-state index contributed by atoms with van der Waals surface area (Å²) in [6.07, 6.45) is -0.0734. The van der Waals surface area contributed by atoms with Gasteiger partial charge in [-0.05, 0) is 6.92 Å². The molecular weight excluding hydrogens is 268 g/mol. The van der Waals surface area contributed by atoms with Gasteiger partial charge < -0.3 is 10.1 Å². The van der Waals surface area contributed by atoms with Gasteiger partial charge in [0.05, 0.1) is 19.7 Å². The molecule has 2 aliphatic heterocycles. The third-order valence-electron chi connectivity index (χ3n) is 3.80. The van der Waals surface area contributed by atoms with Crippen LogP contribution in [0.2, 0.25) is 0 Å². The lowest BCUT2D eigenvalue weighted by Gasteiger charge is -2.35. The summed E-state index contributed by atoms with van der Waals surface area (Å²) in [5, 5.41) is 2.87. The molecule has 2 aliphatic rings. The molecule has 0 aromatic heterocycles. The number of carbonyl (C=O) groups is 1. The van der Waals surface area contributed by atoms with Crippen molar-refractivity contribution in [3.8, 4) is 0 Å². The molecule has 1 N–H and O–H groups in total. The van der Waals surface area contributed by atoms with Gasteiger partial charge in [0.15, 0.2) is 0 Å². The van der Waals surface area contributed by atoms with Crippen LogP contribution in [0.3, 0.4) is 0 Å². The minimum Gasteiger partial charge on any atom is -0.465 e. The lowest BCUT2D eigenvalue weighted by Crippen LogP contribution is -2.50. The number of esters is 1. The maximum Gasteiger partial charge on any atom is 0.320 e. The SMILES string of the molecule is CCOC(=O)CN1CCN(CC2CC(F)(F)CN2)CC1. The first kappa shape index (κ1) is 15.6. The average Bonchev–Trinajstić information content (AvgIpc) is 2.71. The second-order valence-electron chi connectivity index (χ2n) is 5.52. The van der Waals surface area contributed by atoms with Crippen molar-refractivity contribution in [2.75, 3.05) is 52.4 Å². The van der Waals surface area contributed by atoms with Crippen molar-refractivity contribution in [1.82, 2.24) is 15.1 Å². The Morgan fingerprint density at radius 1 is 1.30 bits per heavy atom. The number of piperazine rings is 1. The maximum absolute atomic E-state index is 13.1. The van der Waals surface area contributed by atoms with Crippen molar-refractivity contribution in [3.63, 3.8) is 0 Å². The lowest BCUT2D eigenvalue weighted by molar-refractivity contribution is -0.144. The van der Waals surface area contributed by atoms with Crippen LogP contribution in [0.1, 0.15) is 13.3 Å². The highest BCUT2D eigenvalue weighted by Gasteiger charge is 2.39. The minimum absolute atomic E-state index is 0.0734. The van der Waals surface area contributed by atoms with Gasteiger partial charge in [0.1, 0.15) is 0 Å². The van der Waals surface area contributed by atoms with Crippen LogP contribution in [0.5, 0.6) is 0 Å². The van der Waals surface area contributed by atoms with Gasteiger partial charge in [-0.1, -0.05) is 0 Å². The fourth-order valence-corrected chi connectivity index (χ4v) is 2.76. The number of ether oxygens (including phenoxy) is 1. The van der Waals surface area contributed by atoms with Crippen LogP contribution in [0.4, 0.5) is 8.78 Å². The first-order valence-corrected chi connectivity index (χ1v) is 7.20. The Labute approximate surface area is 118 Å². The highest BCUT2D eigenvalue weighted by Crippen LogP contribution is 2.25. The van der Waals surface area contributed by atoms with E-state index in [4.69, 9.17) is 4.74 Å². The highest BCUT2D eigenvalue weighted by atomic mass is 19.3. The molecule has 0 saturated carbocycles. The summed E-state index contributed by atoms with van der Waals surface area (Å²) >= 11 is 0. The summed E-state index contributed by atoms with van der Waals surface area (Å²) < 4.78 is 31.1. The van der Waals surface area contributed by atoms with Crippen LogP contribution in [-0.2, 0) is 9.53 Å². The molecule has 2 heterocycles. The Hall–Kier alpha value is -0.790. The molecule has 0 amide bonds. The fourth-order valence-electron chi connectivity index (χ4n) is 2.76. The van der Waals surface area contributed by atoms with Crippen LogP contribution in [-0.4, -0.2) is 80.2 Å². The number of halogens is 2. The Kier molecular flexibility index (Phi) is 5.29. The number of nitrogens with one attached hydrogen (secondary N) is 1. The predicted molar refractivity (Wildman–Crippen MR) is 70.9 cm³/mol. The summed E-state index contributed by atoms with van der Waals surface area (Å²) in [6, 6.07) is -0.124. The second kappa shape index (κ2) is 6.78. The van der Waals surface area contributed by atoms with E-state index in [2.05, 4.69) is 10.2 Å². The monoisotopic (exact) mass is 291 g/mol. The van der Waals surface area contributed by atoms with Crippen molar-refractivity contribution < 1.29 is 18.3 Å². The summed E-state index contributed by atoms with van der Waals surface area (Å²) in [5.74, 6) is -2.76. The molecule has 116 valence electrons. The van der Waals surface area contributed by atoms with Crippen LogP contribution in [0.25, 0.3) is 0 Å². The van der Waals surface area contributed by atoms with E-state index in [-0.39, 0.29) is 25.0 Å². The molecular formula is C13H23F2N3O2. The first-order chi connectivity index (χ1) is 9.48. The fraction of sp³-hybridized carbons (Fsp3) is 0.923. The van der Waals surface area contributed by atoms with Crippen LogP contribution in [0, 0.1) is 0 Å². The molecule has 1 unspecified atom stereocenters. The molecule has 20 heavy (non-hydrogen) atoms. The molecule has 0 aromatic carbocycles. The van der Waals surface area contributed by atoms with Crippen molar-refractivity contribution in [1.29, 1.82) is 0 Å². The molecule has 0 bridgehead atoms. The Balaban J connectivity index is 1.66. The van der Waals surface area contributed by atoms with E-state index in [1.54, 1.807) is 6.92 Å². The van der Waals surface area contributed by atoms with Gasteiger partial charge in [-0.2, -0.15) is 0 Å². The van der Waals surface area contributed by atoms with Gasteiger partial charge in [0.2, 0.25) is 0 Å². The predicted octanol–water partition coefficient (Wildman–Crippen LogP) is 0.164. The van der Waals surface area contributed by atoms with E-state index in [9.17, 15) is 13.6 Å². The van der Waals surface area contributed by atoms with E-state index in [0.717, 1.165) is 26.2 Å². The lowest BCUT2D eigenvalue weighted by atomic mass is 10.1. The van der Waals surface area contributed by atoms with Crippen molar-refractivity contribution in [3.05, 3.63) is 0 Å². The number of nitrogens with zero attached hydrogens (tertiary/aromatic N) is 2. The average molecular weight is 291 g/mol. The van der Waals surface area contributed by atoms with Crippen molar-refractivity contribution in [2.45, 2.75) is 25.3 Å². The van der Waals surface area contributed by atoms with Gasteiger partial charge in [-0.3, -0.25) is 14.6 Å². The summed E-state index contributed by atoms with van der Waals surface area (Å²) in [7, 11) is 0. The van der Waals surface area contributed by atoms with Gasteiger partial charge in [-0.15, -0.1) is 0 Å². The Morgan fingerprint density at radius 2 is 1.95 bits per heavy atom. The van der Waals surface area contributed by atoms with E-state index in [1.807, 2.05) is 4.90 Å². The number of hydrogen-bond donors (Lipinski definition) is 1. The number of hydrogen-bond acceptors (Lipinski definition) is 5. The maximum atomic E-state index is 13.1. The summed E-state index contributed by atoms with van der Waals surface area (Å²) in [4.78, 5) is 15.6. The van der Waals surface area contributed by atoms with E-state index in [0.29, 0.717) is 19.7 Å². The quantitative estimate of drug-likeness (QED) is 0.731. The Morgan fingerprint density at radius 3 is 2.50 bits per heavy atom. The topological polar surface area (TPSA) is 44.8 Å². The Bertz CT molecular complexity index is 334. The van der Waals surface area contributed by atoms with Gasteiger partial charge in [0.25, 0.3) is 5.92 Å². The zero-order valence-electron chi connectivity index (χ0n) is 11.9. The zero-order valence-corrected chi connectivity index (χ0v) is 11.9. The molecule has 0 aliphatic carbocycles. The third kappa shape index (κ3) is 4.64. The van der Waals surface area contributed by atoms with E-state index >= 15 is 0 Å². The largest absolute Gasteiger partial charge is 0.465 e. The van der Waals surface area contributed by atoms with Crippen LogP contribution >= 0.6 is 0 Å². The number of carbonyl (C=O) groups excluding carboxylic acids is 1. The molecule has 2 rings (SSSR count). The number of rotatable bonds is 5. The van der Waals surface area contributed by atoms with Crippen LogP contribution < -0.4 is 5.32 Å². The smallest absolute Gasteiger partial charge is 0.320 e. The summed E-state index contributed by atoms with van der Waals surface area (Å²) in [5.41, 5.74) is 0. The van der Waals surface area contributed by atoms with E-state index < -0.39 is 5.92 Å². The third-order valence-corrected chi connectivity index (χ3v) is 3.80. The van der Waals surface area contributed by atoms with Crippen molar-refractivity contribution >= 4 is 5.97 Å². The molecule has 7 heteroatoms.